The summed E-state index contributed by atoms with van der Waals surface area (Å²) in [5.41, 5.74) is 0.246. The topological polar surface area (TPSA) is 105 Å². The van der Waals surface area contributed by atoms with Crippen molar-refractivity contribution >= 4 is 23.9 Å². The van der Waals surface area contributed by atoms with E-state index in [1.807, 2.05) is 0 Å². The molecule has 0 spiro atoms. The van der Waals surface area contributed by atoms with Crippen molar-refractivity contribution in [2.45, 2.75) is 5.97 Å². The molecule has 0 aliphatic heterocycles. The molecule has 0 amide bonds. The zero-order chi connectivity index (χ0) is 30.1. The van der Waals surface area contributed by atoms with E-state index in [1.165, 1.54) is 54.6 Å². The number of rotatable bonds is 9. The van der Waals surface area contributed by atoms with Crippen LogP contribution in [0.4, 0.5) is 0 Å². The quantitative estimate of drug-likeness (QED) is 0.111. The molecular formula is C35H24O8. The molecule has 0 saturated heterocycles. The zero-order valence-electron chi connectivity index (χ0n) is 22.6. The first kappa shape index (κ1) is 28.5. The van der Waals surface area contributed by atoms with Crippen molar-refractivity contribution in [1.29, 1.82) is 0 Å². The minimum atomic E-state index is -2.83. The van der Waals surface area contributed by atoms with Gasteiger partial charge in [-0.2, -0.15) is 0 Å². The van der Waals surface area contributed by atoms with E-state index in [4.69, 9.17) is 18.9 Å². The standard InChI is InChI=1S/C35H24O8/c36-31(25-15-5-1-6-16-25)40-30-24-14-13-23-29(30)35(41-32(37)26-17-7-2-8-18-26,42-33(38)27-19-9-3-10-20-27)43-34(39)28-21-11-4-12-22-28/h1-24H. The first-order valence-corrected chi connectivity index (χ1v) is 13.2. The molecule has 0 N–H and O–H groups in total. The Morgan fingerprint density at radius 2 is 0.674 bits per heavy atom. The summed E-state index contributed by atoms with van der Waals surface area (Å²) in [6.07, 6.45) is 0. The fourth-order valence-electron chi connectivity index (χ4n) is 4.03. The third-order valence-corrected chi connectivity index (χ3v) is 6.14. The average molecular weight is 573 g/mol. The van der Waals surface area contributed by atoms with E-state index >= 15 is 0 Å². The van der Waals surface area contributed by atoms with E-state index in [0.29, 0.717) is 0 Å². The second kappa shape index (κ2) is 13.1. The van der Waals surface area contributed by atoms with E-state index < -0.39 is 29.9 Å². The lowest BCUT2D eigenvalue weighted by Gasteiger charge is -2.32. The van der Waals surface area contributed by atoms with Crippen molar-refractivity contribution in [1.82, 2.24) is 0 Å². The summed E-state index contributed by atoms with van der Waals surface area (Å²) in [4.78, 5) is 53.6. The van der Waals surface area contributed by atoms with Crippen molar-refractivity contribution in [2.75, 3.05) is 0 Å². The molecule has 212 valence electrons. The van der Waals surface area contributed by atoms with Crippen molar-refractivity contribution in [2.24, 2.45) is 0 Å². The molecule has 0 radical (unpaired) electrons. The molecule has 0 aliphatic carbocycles. The predicted molar refractivity (Wildman–Crippen MR) is 155 cm³/mol. The van der Waals surface area contributed by atoms with Gasteiger partial charge in [0.15, 0.2) is 0 Å². The molecule has 43 heavy (non-hydrogen) atoms. The molecule has 0 aliphatic rings. The zero-order valence-corrected chi connectivity index (χ0v) is 22.6. The molecule has 0 bridgehead atoms. The summed E-state index contributed by atoms with van der Waals surface area (Å²) in [6, 6.07) is 37.7. The Hall–Kier alpha value is -6.02. The van der Waals surface area contributed by atoms with Crippen LogP contribution in [0.5, 0.6) is 5.75 Å². The van der Waals surface area contributed by atoms with Gasteiger partial charge in [0, 0.05) is 0 Å². The largest absolute Gasteiger partial charge is 0.458 e. The van der Waals surface area contributed by atoms with Crippen LogP contribution in [0.2, 0.25) is 0 Å². The van der Waals surface area contributed by atoms with Crippen LogP contribution in [0.1, 0.15) is 47.0 Å². The van der Waals surface area contributed by atoms with Crippen LogP contribution >= 0.6 is 0 Å². The molecule has 0 saturated carbocycles. The summed E-state index contributed by atoms with van der Waals surface area (Å²) in [5, 5.41) is 0. The average Bonchev–Trinajstić information content (AvgIpc) is 3.06. The Balaban J connectivity index is 1.65. The third-order valence-electron chi connectivity index (χ3n) is 6.14. The molecule has 5 aromatic carbocycles. The molecule has 5 rings (SSSR count). The minimum Gasteiger partial charge on any atom is -0.422 e. The number of para-hydroxylation sites is 1. The van der Waals surface area contributed by atoms with Crippen LogP contribution in [-0.4, -0.2) is 23.9 Å². The summed E-state index contributed by atoms with van der Waals surface area (Å²) >= 11 is 0. The minimum absolute atomic E-state index is 0.0807. The molecule has 0 unspecified atom stereocenters. The van der Waals surface area contributed by atoms with Crippen LogP contribution in [0.3, 0.4) is 0 Å². The predicted octanol–water partition coefficient (Wildman–Crippen LogP) is 6.59. The number of esters is 4. The molecular weight excluding hydrogens is 548 g/mol. The maximum Gasteiger partial charge on any atom is 0.458 e. The highest BCUT2D eigenvalue weighted by Gasteiger charge is 2.49. The second-order valence-corrected chi connectivity index (χ2v) is 9.07. The van der Waals surface area contributed by atoms with E-state index in [-0.39, 0.29) is 33.6 Å². The smallest absolute Gasteiger partial charge is 0.422 e. The Morgan fingerprint density at radius 1 is 0.372 bits per heavy atom. The van der Waals surface area contributed by atoms with Crippen molar-refractivity contribution in [3.63, 3.8) is 0 Å². The van der Waals surface area contributed by atoms with E-state index in [9.17, 15) is 19.2 Å². The summed E-state index contributed by atoms with van der Waals surface area (Å²) in [5.74, 6) is -6.70. The van der Waals surface area contributed by atoms with Gasteiger partial charge in [-0.3, -0.25) is 0 Å². The van der Waals surface area contributed by atoms with Gasteiger partial charge < -0.3 is 18.9 Å². The van der Waals surface area contributed by atoms with Crippen LogP contribution < -0.4 is 4.74 Å². The molecule has 8 nitrogen and oxygen atoms in total. The first-order chi connectivity index (χ1) is 20.9. The molecule has 0 aromatic heterocycles. The van der Waals surface area contributed by atoms with Gasteiger partial charge in [-0.15, -0.1) is 0 Å². The number of carbonyl (C=O) groups excluding carboxylic acids is 4. The second-order valence-electron chi connectivity index (χ2n) is 9.07. The van der Waals surface area contributed by atoms with Gasteiger partial charge in [0.1, 0.15) is 11.3 Å². The summed E-state index contributed by atoms with van der Waals surface area (Å²) in [7, 11) is 0. The van der Waals surface area contributed by atoms with Crippen molar-refractivity contribution in [3.8, 4) is 5.75 Å². The monoisotopic (exact) mass is 572 g/mol. The highest BCUT2D eigenvalue weighted by Crippen LogP contribution is 2.38. The third kappa shape index (κ3) is 6.83. The molecule has 0 heterocycles. The first-order valence-electron chi connectivity index (χ1n) is 13.2. The van der Waals surface area contributed by atoms with Crippen molar-refractivity contribution in [3.05, 3.63) is 173 Å². The number of hydrogen-bond donors (Lipinski definition) is 0. The lowest BCUT2D eigenvalue weighted by atomic mass is 10.1. The number of carbonyl (C=O) groups is 4. The Labute approximate surface area is 247 Å². The normalized spacial score (nSPS) is 10.7. The summed E-state index contributed by atoms with van der Waals surface area (Å²) in [6.45, 7) is 0. The Morgan fingerprint density at radius 3 is 1.05 bits per heavy atom. The van der Waals surface area contributed by atoms with Gasteiger partial charge in [0.2, 0.25) is 0 Å². The van der Waals surface area contributed by atoms with E-state index in [0.717, 1.165) is 0 Å². The highest BCUT2D eigenvalue weighted by molar-refractivity contribution is 5.94. The highest BCUT2D eigenvalue weighted by atomic mass is 16.9. The van der Waals surface area contributed by atoms with Gasteiger partial charge in [-0.05, 0) is 60.7 Å². The molecule has 8 heteroatoms. The fraction of sp³-hybridized carbons (Fsp3) is 0.0286. The summed E-state index contributed by atoms with van der Waals surface area (Å²) < 4.78 is 23.1. The molecule has 5 aromatic rings. The van der Waals surface area contributed by atoms with E-state index in [1.54, 1.807) is 91.0 Å². The van der Waals surface area contributed by atoms with Gasteiger partial charge in [-0.1, -0.05) is 84.9 Å². The maximum absolute atomic E-state index is 13.5. The van der Waals surface area contributed by atoms with Gasteiger partial charge in [0.05, 0.1) is 22.3 Å². The van der Waals surface area contributed by atoms with Crippen LogP contribution in [0.15, 0.2) is 146 Å². The van der Waals surface area contributed by atoms with Gasteiger partial charge in [-0.25, -0.2) is 19.2 Å². The van der Waals surface area contributed by atoms with Gasteiger partial charge >= 0.3 is 29.9 Å². The Kier molecular flexibility index (Phi) is 8.68. The number of ether oxygens (including phenoxy) is 4. The SMILES string of the molecule is O=C(Oc1ccccc1C(OC(=O)c1ccccc1)(OC(=O)c1ccccc1)OC(=O)c1ccccc1)c1ccccc1. The lowest BCUT2D eigenvalue weighted by Crippen LogP contribution is -2.42. The molecule has 0 fully saturated rings. The van der Waals surface area contributed by atoms with E-state index in [2.05, 4.69) is 0 Å². The lowest BCUT2D eigenvalue weighted by molar-refractivity contribution is -0.312. The Bertz CT molecular complexity index is 1590. The molecule has 0 atom stereocenters. The number of hydrogen-bond acceptors (Lipinski definition) is 8. The number of benzene rings is 5. The fourth-order valence-corrected chi connectivity index (χ4v) is 4.03. The van der Waals surface area contributed by atoms with Crippen LogP contribution in [0.25, 0.3) is 0 Å². The maximum atomic E-state index is 13.5. The van der Waals surface area contributed by atoms with Crippen LogP contribution in [0, 0.1) is 0 Å². The van der Waals surface area contributed by atoms with Crippen molar-refractivity contribution < 1.29 is 38.1 Å². The van der Waals surface area contributed by atoms with Gasteiger partial charge in [0.25, 0.3) is 0 Å². The van der Waals surface area contributed by atoms with Crippen LogP contribution in [-0.2, 0) is 20.2 Å².